The Hall–Kier alpha value is -1.16. The fraction of sp³-hybridized carbons (Fsp3) is 0.611. The maximum absolute atomic E-state index is 11.9. The van der Waals surface area contributed by atoms with Crippen LogP contribution in [0.3, 0.4) is 0 Å². The number of carbonyl (C=O) groups is 1. The van der Waals surface area contributed by atoms with Gasteiger partial charge in [0.05, 0.1) is 0 Å². The summed E-state index contributed by atoms with van der Waals surface area (Å²) in [6.07, 6.45) is 2.26. The summed E-state index contributed by atoms with van der Waals surface area (Å²) in [4.78, 5) is 31.0. The minimum absolute atomic E-state index is 0.0928. The van der Waals surface area contributed by atoms with Gasteiger partial charge in [0, 0.05) is 0 Å². The van der Waals surface area contributed by atoms with Crippen LogP contribution in [-0.4, -0.2) is 26.5 Å². The minimum Gasteiger partial charge on any atom is -0.481 e. The highest BCUT2D eigenvalue weighted by molar-refractivity contribution is 7.53. The van der Waals surface area contributed by atoms with Gasteiger partial charge in [-0.1, -0.05) is 57.5 Å². The first-order chi connectivity index (χ1) is 11.0. The van der Waals surface area contributed by atoms with E-state index in [2.05, 4.69) is 13.8 Å². The number of aliphatic carboxylic acids is 1. The molecule has 0 saturated heterocycles. The quantitative estimate of drug-likeness (QED) is 0.702. The summed E-state index contributed by atoms with van der Waals surface area (Å²) < 4.78 is 11.9. The average Bonchev–Trinajstić information content (AvgIpc) is 2.46. The standard InChI is InChI=1S/C18H27O5P/c1-12-9-10-15(18(2,3)13-7-5-4-6-8-13)14(11-12)16(17(19)20)24(21,22)23/h4-8,12,14-16H,9-11H2,1-3H3,(H,19,20)(H2,21,22,23). The highest BCUT2D eigenvalue weighted by Gasteiger charge is 2.51. The van der Waals surface area contributed by atoms with Crippen LogP contribution >= 0.6 is 7.60 Å². The molecule has 4 atom stereocenters. The molecule has 3 N–H and O–H groups in total. The average molecular weight is 354 g/mol. The molecule has 1 aliphatic rings. The monoisotopic (exact) mass is 354 g/mol. The molecule has 0 amide bonds. The van der Waals surface area contributed by atoms with Crippen molar-refractivity contribution in [1.82, 2.24) is 0 Å². The Morgan fingerprint density at radius 1 is 1.21 bits per heavy atom. The van der Waals surface area contributed by atoms with Crippen molar-refractivity contribution in [1.29, 1.82) is 0 Å². The maximum atomic E-state index is 11.9. The lowest BCUT2D eigenvalue weighted by atomic mass is 9.60. The van der Waals surface area contributed by atoms with Crippen LogP contribution in [0.4, 0.5) is 0 Å². The Kier molecular flexibility index (Phi) is 5.58. The molecule has 134 valence electrons. The first kappa shape index (κ1) is 19.2. The summed E-state index contributed by atoms with van der Waals surface area (Å²) in [5, 5.41) is 9.51. The summed E-state index contributed by atoms with van der Waals surface area (Å²) in [5.74, 6) is -1.75. The SMILES string of the molecule is CC1CCC(C(C)(C)c2ccccc2)C(C(C(=O)O)P(=O)(O)O)C1. The number of benzene rings is 1. The lowest BCUT2D eigenvalue weighted by Crippen LogP contribution is -2.45. The van der Waals surface area contributed by atoms with E-state index in [1.54, 1.807) is 0 Å². The van der Waals surface area contributed by atoms with E-state index < -0.39 is 25.1 Å². The Morgan fingerprint density at radius 2 is 1.79 bits per heavy atom. The summed E-state index contributed by atoms with van der Waals surface area (Å²) in [6.45, 7) is 6.13. The Balaban J connectivity index is 2.46. The van der Waals surface area contributed by atoms with Gasteiger partial charge in [-0.05, 0) is 41.6 Å². The first-order valence-electron chi connectivity index (χ1n) is 8.38. The van der Waals surface area contributed by atoms with Crippen LogP contribution in [0.25, 0.3) is 0 Å². The number of hydrogen-bond acceptors (Lipinski definition) is 2. The molecule has 1 aromatic carbocycles. The summed E-state index contributed by atoms with van der Waals surface area (Å²) in [5.41, 5.74) is -0.910. The Labute approximate surface area is 143 Å². The predicted molar refractivity (Wildman–Crippen MR) is 92.9 cm³/mol. The fourth-order valence-corrected chi connectivity index (χ4v) is 5.44. The van der Waals surface area contributed by atoms with E-state index in [1.807, 2.05) is 37.3 Å². The zero-order chi connectivity index (χ0) is 18.1. The van der Waals surface area contributed by atoms with Crippen molar-refractivity contribution in [3.63, 3.8) is 0 Å². The molecule has 6 heteroatoms. The first-order valence-corrected chi connectivity index (χ1v) is 10.1. The molecule has 0 spiro atoms. The number of carboxylic acids is 1. The third kappa shape index (κ3) is 3.90. The summed E-state index contributed by atoms with van der Waals surface area (Å²) >= 11 is 0. The highest BCUT2D eigenvalue weighted by atomic mass is 31.2. The van der Waals surface area contributed by atoms with E-state index >= 15 is 0 Å². The summed E-state index contributed by atoms with van der Waals surface area (Å²) in [6, 6.07) is 9.81. The van der Waals surface area contributed by atoms with Crippen LogP contribution in [0.2, 0.25) is 0 Å². The predicted octanol–water partition coefficient (Wildman–Crippen LogP) is 3.65. The molecule has 0 heterocycles. The lowest BCUT2D eigenvalue weighted by Gasteiger charge is -2.46. The topological polar surface area (TPSA) is 94.8 Å². The van der Waals surface area contributed by atoms with Gasteiger partial charge in [0.2, 0.25) is 0 Å². The van der Waals surface area contributed by atoms with Crippen molar-refractivity contribution in [3.05, 3.63) is 35.9 Å². The van der Waals surface area contributed by atoms with Gasteiger partial charge in [0.15, 0.2) is 5.66 Å². The number of carboxylic acid groups (broad SMARTS) is 1. The Bertz CT molecular complexity index is 622. The Morgan fingerprint density at radius 3 is 2.29 bits per heavy atom. The van der Waals surface area contributed by atoms with Crippen LogP contribution in [0.5, 0.6) is 0 Å². The molecule has 5 nitrogen and oxygen atoms in total. The van der Waals surface area contributed by atoms with Gasteiger partial charge in [-0.2, -0.15) is 0 Å². The highest BCUT2D eigenvalue weighted by Crippen LogP contribution is 2.55. The molecule has 0 aliphatic heterocycles. The molecular weight excluding hydrogens is 327 g/mol. The van der Waals surface area contributed by atoms with Gasteiger partial charge in [-0.15, -0.1) is 0 Å². The normalized spacial score (nSPS) is 26.8. The van der Waals surface area contributed by atoms with Crippen molar-refractivity contribution in [2.24, 2.45) is 17.8 Å². The van der Waals surface area contributed by atoms with Gasteiger partial charge in [0.1, 0.15) is 0 Å². The van der Waals surface area contributed by atoms with Gasteiger partial charge < -0.3 is 14.9 Å². The zero-order valence-corrected chi connectivity index (χ0v) is 15.3. The largest absolute Gasteiger partial charge is 0.481 e. The number of rotatable bonds is 5. The maximum Gasteiger partial charge on any atom is 0.340 e. The smallest absolute Gasteiger partial charge is 0.340 e. The van der Waals surface area contributed by atoms with Gasteiger partial charge >= 0.3 is 13.6 Å². The van der Waals surface area contributed by atoms with Crippen LogP contribution in [0, 0.1) is 17.8 Å². The van der Waals surface area contributed by atoms with E-state index in [0.717, 1.165) is 18.4 Å². The third-order valence-electron chi connectivity index (χ3n) is 5.63. The van der Waals surface area contributed by atoms with E-state index in [1.165, 1.54) is 0 Å². The molecule has 1 fully saturated rings. The van der Waals surface area contributed by atoms with Gasteiger partial charge in [0.25, 0.3) is 0 Å². The number of hydrogen-bond donors (Lipinski definition) is 3. The molecule has 1 aliphatic carbocycles. The van der Waals surface area contributed by atoms with E-state index in [9.17, 15) is 24.3 Å². The molecule has 2 rings (SSSR count). The van der Waals surface area contributed by atoms with Crippen LogP contribution < -0.4 is 0 Å². The van der Waals surface area contributed by atoms with E-state index in [0.29, 0.717) is 6.42 Å². The zero-order valence-electron chi connectivity index (χ0n) is 14.4. The van der Waals surface area contributed by atoms with E-state index in [4.69, 9.17) is 0 Å². The molecular formula is C18H27O5P. The van der Waals surface area contributed by atoms with Crippen molar-refractivity contribution < 1.29 is 24.3 Å². The molecule has 1 aromatic rings. The minimum atomic E-state index is -4.72. The van der Waals surface area contributed by atoms with Crippen molar-refractivity contribution >= 4 is 13.6 Å². The second-order valence-electron chi connectivity index (χ2n) is 7.65. The van der Waals surface area contributed by atoms with Gasteiger partial charge in [-0.3, -0.25) is 9.36 Å². The summed E-state index contributed by atoms with van der Waals surface area (Å²) in [7, 11) is -4.72. The van der Waals surface area contributed by atoms with Crippen molar-refractivity contribution in [3.8, 4) is 0 Å². The molecule has 1 saturated carbocycles. The molecule has 0 radical (unpaired) electrons. The van der Waals surface area contributed by atoms with Crippen LogP contribution in [0.1, 0.15) is 45.6 Å². The molecule has 0 bridgehead atoms. The van der Waals surface area contributed by atoms with Crippen LogP contribution in [-0.2, 0) is 14.8 Å². The second kappa shape index (κ2) is 6.99. The molecule has 24 heavy (non-hydrogen) atoms. The molecule has 0 aromatic heterocycles. The van der Waals surface area contributed by atoms with Crippen LogP contribution in [0.15, 0.2) is 30.3 Å². The van der Waals surface area contributed by atoms with Crippen molar-refractivity contribution in [2.75, 3.05) is 0 Å². The fourth-order valence-electron chi connectivity index (χ4n) is 4.33. The third-order valence-corrected chi connectivity index (χ3v) is 6.96. The lowest BCUT2D eigenvalue weighted by molar-refractivity contribution is -0.139. The van der Waals surface area contributed by atoms with Gasteiger partial charge in [-0.25, -0.2) is 0 Å². The molecule has 4 unspecified atom stereocenters. The van der Waals surface area contributed by atoms with E-state index in [-0.39, 0.29) is 17.3 Å². The second-order valence-corrected chi connectivity index (χ2v) is 9.38. The van der Waals surface area contributed by atoms with Crippen molar-refractivity contribution in [2.45, 2.75) is 51.1 Å².